The van der Waals surface area contributed by atoms with E-state index in [0.717, 1.165) is 19.4 Å². The second-order valence-corrected chi connectivity index (χ2v) is 4.57. The van der Waals surface area contributed by atoms with Gasteiger partial charge in [-0.25, -0.2) is 0 Å². The first-order chi connectivity index (χ1) is 8.76. The minimum atomic E-state index is 0.467. The van der Waals surface area contributed by atoms with E-state index in [2.05, 4.69) is 36.5 Å². The van der Waals surface area contributed by atoms with Crippen LogP contribution in [0.2, 0.25) is 0 Å². The Hall–Kier alpha value is -0.900. The summed E-state index contributed by atoms with van der Waals surface area (Å²) in [6.45, 7) is 4.26. The van der Waals surface area contributed by atoms with E-state index in [1.54, 1.807) is 7.11 Å². The first-order valence-corrected chi connectivity index (χ1v) is 6.55. The monoisotopic (exact) mass is 251 g/mol. The Balaban J connectivity index is 2.28. The summed E-state index contributed by atoms with van der Waals surface area (Å²) in [4.78, 5) is 0. The van der Waals surface area contributed by atoms with Gasteiger partial charge in [0.1, 0.15) is 0 Å². The summed E-state index contributed by atoms with van der Waals surface area (Å²) < 4.78 is 10.4. The molecule has 0 bridgehead atoms. The molecule has 0 saturated heterocycles. The lowest BCUT2D eigenvalue weighted by Gasteiger charge is -2.16. The summed E-state index contributed by atoms with van der Waals surface area (Å²) in [7, 11) is 3.70. The number of rotatable bonds is 9. The molecule has 0 fully saturated rings. The molecule has 3 nitrogen and oxygen atoms in total. The van der Waals surface area contributed by atoms with E-state index in [-0.39, 0.29) is 0 Å². The molecule has 102 valence electrons. The zero-order valence-corrected chi connectivity index (χ0v) is 11.7. The van der Waals surface area contributed by atoms with Crippen molar-refractivity contribution in [2.75, 3.05) is 34.0 Å². The van der Waals surface area contributed by atoms with E-state index in [4.69, 9.17) is 9.47 Å². The quantitative estimate of drug-likeness (QED) is 0.682. The third kappa shape index (κ3) is 6.15. The maximum atomic E-state index is 5.50. The van der Waals surface area contributed by atoms with Crippen LogP contribution >= 0.6 is 0 Å². The van der Waals surface area contributed by atoms with E-state index >= 15 is 0 Å². The van der Waals surface area contributed by atoms with Gasteiger partial charge in [-0.2, -0.15) is 0 Å². The van der Waals surface area contributed by atoms with Crippen LogP contribution in [-0.4, -0.2) is 40.0 Å². The van der Waals surface area contributed by atoms with E-state index in [1.165, 1.54) is 11.1 Å². The van der Waals surface area contributed by atoms with Crippen molar-refractivity contribution in [3.63, 3.8) is 0 Å². The highest BCUT2D eigenvalue weighted by Gasteiger charge is 2.07. The van der Waals surface area contributed by atoms with Gasteiger partial charge in [0.05, 0.1) is 13.2 Å². The van der Waals surface area contributed by atoms with E-state index in [1.807, 2.05) is 7.05 Å². The Morgan fingerprint density at radius 2 is 2.06 bits per heavy atom. The van der Waals surface area contributed by atoms with Gasteiger partial charge in [0, 0.05) is 19.8 Å². The predicted molar refractivity (Wildman–Crippen MR) is 75.0 cm³/mol. The Kier molecular flexibility index (Phi) is 7.65. The lowest BCUT2D eigenvalue weighted by molar-refractivity contribution is 0.0661. The predicted octanol–water partition coefficient (Wildman–Crippen LogP) is 2.18. The molecule has 1 atom stereocenters. The van der Waals surface area contributed by atoms with Crippen LogP contribution < -0.4 is 5.32 Å². The number of aryl methyl sites for hydroxylation is 1. The molecule has 1 unspecified atom stereocenters. The third-order valence-corrected chi connectivity index (χ3v) is 3.02. The molecule has 0 aliphatic heterocycles. The second-order valence-electron chi connectivity index (χ2n) is 4.57. The molecule has 0 radical (unpaired) electrons. The summed E-state index contributed by atoms with van der Waals surface area (Å²) in [5.74, 6) is 0. The van der Waals surface area contributed by atoms with Gasteiger partial charge in [0.25, 0.3) is 0 Å². The average Bonchev–Trinajstić information content (AvgIpc) is 2.37. The molecule has 0 aliphatic rings. The van der Waals surface area contributed by atoms with Crippen LogP contribution in [0.15, 0.2) is 24.3 Å². The molecule has 1 N–H and O–H groups in total. The third-order valence-electron chi connectivity index (χ3n) is 3.02. The van der Waals surface area contributed by atoms with E-state index in [9.17, 15) is 0 Å². The molecule has 0 saturated carbocycles. The van der Waals surface area contributed by atoms with Crippen LogP contribution in [0.5, 0.6) is 0 Å². The fourth-order valence-electron chi connectivity index (χ4n) is 1.94. The maximum absolute atomic E-state index is 5.50. The first kappa shape index (κ1) is 15.2. The fourth-order valence-corrected chi connectivity index (χ4v) is 1.94. The zero-order valence-electron chi connectivity index (χ0n) is 11.7. The van der Waals surface area contributed by atoms with Crippen molar-refractivity contribution < 1.29 is 9.47 Å². The lowest BCUT2D eigenvalue weighted by Crippen LogP contribution is -2.29. The summed E-state index contributed by atoms with van der Waals surface area (Å²) in [6, 6.07) is 9.15. The SMILES string of the molecule is CNC(CCOCCOC)Cc1cccc(C)c1. The van der Waals surface area contributed by atoms with Gasteiger partial charge in [-0.3, -0.25) is 0 Å². The van der Waals surface area contributed by atoms with Gasteiger partial charge in [-0.15, -0.1) is 0 Å². The molecular formula is C15H25NO2. The normalized spacial score (nSPS) is 12.6. The summed E-state index contributed by atoms with van der Waals surface area (Å²) >= 11 is 0. The van der Waals surface area contributed by atoms with Gasteiger partial charge in [0.15, 0.2) is 0 Å². The Morgan fingerprint density at radius 3 is 2.72 bits per heavy atom. The molecule has 0 aliphatic carbocycles. The highest BCUT2D eigenvalue weighted by Crippen LogP contribution is 2.08. The number of benzene rings is 1. The number of ether oxygens (including phenoxy) is 2. The molecule has 1 aromatic rings. The Morgan fingerprint density at radius 1 is 1.22 bits per heavy atom. The van der Waals surface area contributed by atoms with Crippen LogP contribution in [0, 0.1) is 6.92 Å². The summed E-state index contributed by atoms with van der Waals surface area (Å²) in [5, 5.41) is 3.35. The number of likely N-dealkylation sites (N-methyl/N-ethyl adjacent to an activating group) is 1. The van der Waals surface area contributed by atoms with Crippen molar-refractivity contribution >= 4 is 0 Å². The van der Waals surface area contributed by atoms with Crippen LogP contribution in [-0.2, 0) is 15.9 Å². The van der Waals surface area contributed by atoms with Crippen LogP contribution in [0.4, 0.5) is 0 Å². The number of methoxy groups -OCH3 is 1. The van der Waals surface area contributed by atoms with Crippen molar-refractivity contribution in [3.05, 3.63) is 35.4 Å². The minimum Gasteiger partial charge on any atom is -0.382 e. The smallest absolute Gasteiger partial charge is 0.0700 e. The van der Waals surface area contributed by atoms with E-state index < -0.39 is 0 Å². The molecule has 1 rings (SSSR count). The molecule has 0 spiro atoms. The van der Waals surface area contributed by atoms with Crippen LogP contribution in [0.1, 0.15) is 17.5 Å². The summed E-state index contributed by atoms with van der Waals surface area (Å²) in [6.07, 6.45) is 2.07. The Bertz CT molecular complexity index is 328. The molecule has 1 aromatic carbocycles. The van der Waals surface area contributed by atoms with Gasteiger partial charge < -0.3 is 14.8 Å². The minimum absolute atomic E-state index is 0.467. The van der Waals surface area contributed by atoms with Crippen molar-refractivity contribution in [2.45, 2.75) is 25.8 Å². The number of nitrogens with one attached hydrogen (secondary N) is 1. The highest BCUT2D eigenvalue weighted by atomic mass is 16.5. The van der Waals surface area contributed by atoms with Crippen molar-refractivity contribution in [1.29, 1.82) is 0 Å². The van der Waals surface area contributed by atoms with Crippen LogP contribution in [0.3, 0.4) is 0 Å². The first-order valence-electron chi connectivity index (χ1n) is 6.55. The fraction of sp³-hybridized carbons (Fsp3) is 0.600. The topological polar surface area (TPSA) is 30.5 Å². The van der Waals surface area contributed by atoms with Crippen molar-refractivity contribution in [1.82, 2.24) is 5.32 Å². The molecule has 0 amide bonds. The molecule has 3 heteroatoms. The van der Waals surface area contributed by atoms with Gasteiger partial charge in [-0.1, -0.05) is 29.8 Å². The highest BCUT2D eigenvalue weighted by molar-refractivity contribution is 5.22. The molecular weight excluding hydrogens is 226 g/mol. The molecule has 0 heterocycles. The van der Waals surface area contributed by atoms with Crippen molar-refractivity contribution in [2.24, 2.45) is 0 Å². The largest absolute Gasteiger partial charge is 0.382 e. The zero-order chi connectivity index (χ0) is 13.2. The number of hydrogen-bond acceptors (Lipinski definition) is 3. The average molecular weight is 251 g/mol. The van der Waals surface area contributed by atoms with Gasteiger partial charge in [0.2, 0.25) is 0 Å². The standard InChI is InChI=1S/C15H25NO2/c1-13-5-4-6-14(11-13)12-15(16-2)7-8-18-10-9-17-3/h4-6,11,15-16H,7-10,12H2,1-3H3. The van der Waals surface area contributed by atoms with E-state index in [0.29, 0.717) is 19.3 Å². The summed E-state index contributed by atoms with van der Waals surface area (Å²) in [5.41, 5.74) is 2.70. The Labute approximate surface area is 110 Å². The van der Waals surface area contributed by atoms with Crippen molar-refractivity contribution in [3.8, 4) is 0 Å². The lowest BCUT2D eigenvalue weighted by atomic mass is 10.0. The second kappa shape index (κ2) is 9.09. The molecule has 0 aromatic heterocycles. The van der Waals surface area contributed by atoms with Gasteiger partial charge >= 0.3 is 0 Å². The van der Waals surface area contributed by atoms with Gasteiger partial charge in [-0.05, 0) is 32.4 Å². The maximum Gasteiger partial charge on any atom is 0.0700 e. The number of hydrogen-bond donors (Lipinski definition) is 1. The molecule has 18 heavy (non-hydrogen) atoms. The van der Waals surface area contributed by atoms with Crippen LogP contribution in [0.25, 0.3) is 0 Å².